The van der Waals surface area contributed by atoms with Crippen molar-refractivity contribution in [3.63, 3.8) is 0 Å². The molecule has 3 aromatic rings. The zero-order valence-corrected chi connectivity index (χ0v) is 15.4. The molecule has 2 aromatic carbocycles. The lowest BCUT2D eigenvalue weighted by molar-refractivity contribution is 0.0981. The van der Waals surface area contributed by atoms with Crippen molar-refractivity contribution < 1.29 is 14.3 Å². The minimum atomic E-state index is -0.0198. The van der Waals surface area contributed by atoms with E-state index in [1.807, 2.05) is 41.3 Å². The van der Waals surface area contributed by atoms with Gasteiger partial charge in [-0.2, -0.15) is 0 Å². The van der Waals surface area contributed by atoms with Crippen LogP contribution in [0, 0.1) is 0 Å². The van der Waals surface area contributed by atoms with Crippen LogP contribution in [0.3, 0.4) is 0 Å². The topological polar surface area (TPSA) is 63.7 Å². The van der Waals surface area contributed by atoms with Crippen LogP contribution in [0.1, 0.15) is 22.8 Å². The van der Waals surface area contributed by atoms with Gasteiger partial charge >= 0.3 is 0 Å². The van der Waals surface area contributed by atoms with Gasteiger partial charge in [-0.25, -0.2) is 4.98 Å². The lowest BCUT2D eigenvalue weighted by Crippen LogP contribution is -2.35. The van der Waals surface area contributed by atoms with Crippen LogP contribution in [-0.4, -0.2) is 23.7 Å². The summed E-state index contributed by atoms with van der Waals surface area (Å²) in [4.78, 5) is 19.4. The lowest BCUT2D eigenvalue weighted by Gasteiger charge is -2.23. The van der Waals surface area contributed by atoms with Gasteiger partial charge in [0, 0.05) is 35.2 Å². The molecule has 140 valence electrons. The van der Waals surface area contributed by atoms with Crippen molar-refractivity contribution >= 4 is 23.1 Å². The molecule has 1 amide bonds. The summed E-state index contributed by atoms with van der Waals surface area (Å²) in [7, 11) is 0. The third-order valence-electron chi connectivity index (χ3n) is 5.08. The summed E-state index contributed by atoms with van der Waals surface area (Å²) in [5.74, 6) is 2.00. The first-order valence-corrected chi connectivity index (χ1v) is 9.23. The van der Waals surface area contributed by atoms with Gasteiger partial charge in [0.25, 0.3) is 5.91 Å². The predicted molar refractivity (Wildman–Crippen MR) is 107 cm³/mol. The molecule has 0 radical (unpaired) electrons. The molecule has 1 unspecified atom stereocenters. The maximum absolute atomic E-state index is 13.2. The van der Waals surface area contributed by atoms with Crippen LogP contribution >= 0.6 is 0 Å². The number of pyridine rings is 1. The summed E-state index contributed by atoms with van der Waals surface area (Å²) < 4.78 is 10.7. The van der Waals surface area contributed by atoms with Gasteiger partial charge in [0.15, 0.2) is 11.5 Å². The number of amides is 1. The number of para-hydroxylation sites is 1. The van der Waals surface area contributed by atoms with Gasteiger partial charge in [0.2, 0.25) is 6.79 Å². The molecule has 5 rings (SSSR count). The van der Waals surface area contributed by atoms with Crippen molar-refractivity contribution in [3.05, 3.63) is 71.9 Å². The molecule has 28 heavy (non-hydrogen) atoms. The van der Waals surface area contributed by atoms with E-state index < -0.39 is 0 Å². The number of nitrogens with zero attached hydrogens (tertiary/aromatic N) is 2. The van der Waals surface area contributed by atoms with Gasteiger partial charge in [-0.3, -0.25) is 4.79 Å². The van der Waals surface area contributed by atoms with Crippen molar-refractivity contribution in [2.45, 2.75) is 19.4 Å². The molecule has 1 atom stereocenters. The van der Waals surface area contributed by atoms with Crippen molar-refractivity contribution in [3.8, 4) is 11.5 Å². The van der Waals surface area contributed by atoms with E-state index in [9.17, 15) is 4.79 Å². The normalized spacial score (nSPS) is 16.8. The Bertz CT molecular complexity index is 1070. The molecule has 2 aliphatic heterocycles. The fourth-order valence-corrected chi connectivity index (χ4v) is 3.77. The van der Waals surface area contributed by atoms with Crippen LogP contribution in [-0.2, 0) is 6.42 Å². The first-order chi connectivity index (χ1) is 13.7. The van der Waals surface area contributed by atoms with Crippen LogP contribution in [0.5, 0.6) is 11.5 Å². The van der Waals surface area contributed by atoms with Crippen LogP contribution in [0.2, 0.25) is 0 Å². The fourth-order valence-electron chi connectivity index (χ4n) is 3.77. The predicted octanol–water partition coefficient (Wildman–Crippen LogP) is 4.15. The van der Waals surface area contributed by atoms with Gasteiger partial charge in [-0.15, -0.1) is 0 Å². The minimum Gasteiger partial charge on any atom is -0.454 e. The lowest BCUT2D eigenvalue weighted by atomic mass is 10.1. The molecule has 1 N–H and O–H groups in total. The van der Waals surface area contributed by atoms with Crippen molar-refractivity contribution in [2.24, 2.45) is 0 Å². The first-order valence-electron chi connectivity index (χ1n) is 9.23. The van der Waals surface area contributed by atoms with Crippen LogP contribution in [0.15, 0.2) is 60.8 Å². The molecule has 2 aliphatic rings. The molecule has 0 fully saturated rings. The van der Waals surface area contributed by atoms with E-state index in [1.54, 1.807) is 18.3 Å². The van der Waals surface area contributed by atoms with Crippen molar-refractivity contribution in [1.82, 2.24) is 4.98 Å². The average Bonchev–Trinajstić information content (AvgIpc) is 3.30. The largest absolute Gasteiger partial charge is 0.454 e. The molecule has 3 heterocycles. The Labute approximate surface area is 162 Å². The summed E-state index contributed by atoms with van der Waals surface area (Å²) in [6.07, 6.45) is 2.52. The third-order valence-corrected chi connectivity index (χ3v) is 5.08. The molecule has 0 spiro atoms. The van der Waals surface area contributed by atoms with E-state index in [-0.39, 0.29) is 18.7 Å². The molecular weight excluding hydrogens is 354 g/mol. The summed E-state index contributed by atoms with van der Waals surface area (Å²) >= 11 is 0. The number of aromatic nitrogens is 1. The minimum absolute atomic E-state index is 0.0198. The SMILES string of the molecule is CC1Cc2ccccc2N1C(=O)c1ccnc(Nc2ccc3c(c2)OCO3)c1. The van der Waals surface area contributed by atoms with E-state index >= 15 is 0 Å². The number of hydrogen-bond donors (Lipinski definition) is 1. The van der Waals surface area contributed by atoms with Gasteiger partial charge < -0.3 is 19.7 Å². The molecule has 6 heteroatoms. The Kier molecular flexibility index (Phi) is 3.90. The molecule has 0 saturated carbocycles. The zero-order valence-electron chi connectivity index (χ0n) is 15.4. The second-order valence-corrected chi connectivity index (χ2v) is 6.98. The Hall–Kier alpha value is -3.54. The zero-order chi connectivity index (χ0) is 19.1. The maximum Gasteiger partial charge on any atom is 0.258 e. The Balaban J connectivity index is 1.41. The summed E-state index contributed by atoms with van der Waals surface area (Å²) in [6, 6.07) is 17.3. The number of hydrogen-bond acceptors (Lipinski definition) is 5. The first kappa shape index (κ1) is 16.6. The summed E-state index contributed by atoms with van der Waals surface area (Å²) in [5.41, 5.74) is 3.61. The molecule has 6 nitrogen and oxygen atoms in total. The fraction of sp³-hybridized carbons (Fsp3) is 0.182. The number of anilines is 3. The van der Waals surface area contributed by atoms with Gasteiger partial charge in [0.1, 0.15) is 5.82 Å². The second-order valence-electron chi connectivity index (χ2n) is 6.98. The van der Waals surface area contributed by atoms with E-state index in [0.717, 1.165) is 23.5 Å². The number of benzene rings is 2. The highest BCUT2D eigenvalue weighted by molar-refractivity contribution is 6.08. The Morgan fingerprint density at radius 3 is 2.89 bits per heavy atom. The van der Waals surface area contributed by atoms with E-state index in [4.69, 9.17) is 9.47 Å². The van der Waals surface area contributed by atoms with Crippen molar-refractivity contribution in [1.29, 1.82) is 0 Å². The van der Waals surface area contributed by atoms with Gasteiger partial charge in [-0.05, 0) is 49.2 Å². The smallest absolute Gasteiger partial charge is 0.258 e. The summed E-state index contributed by atoms with van der Waals surface area (Å²) in [6.45, 7) is 2.31. The maximum atomic E-state index is 13.2. The van der Waals surface area contributed by atoms with Crippen LogP contribution in [0.25, 0.3) is 0 Å². The molecule has 0 aliphatic carbocycles. The van der Waals surface area contributed by atoms with Crippen LogP contribution < -0.4 is 19.7 Å². The molecule has 0 saturated heterocycles. The van der Waals surface area contributed by atoms with Gasteiger partial charge in [-0.1, -0.05) is 18.2 Å². The number of carbonyl (C=O) groups is 1. The summed E-state index contributed by atoms with van der Waals surface area (Å²) in [5, 5.41) is 3.23. The van der Waals surface area contributed by atoms with Crippen LogP contribution in [0.4, 0.5) is 17.2 Å². The Morgan fingerprint density at radius 1 is 1.11 bits per heavy atom. The quantitative estimate of drug-likeness (QED) is 0.747. The average molecular weight is 373 g/mol. The number of carbonyl (C=O) groups excluding carboxylic acids is 1. The van der Waals surface area contributed by atoms with Crippen molar-refractivity contribution in [2.75, 3.05) is 17.0 Å². The number of fused-ring (bicyclic) bond motifs is 2. The second kappa shape index (κ2) is 6.56. The number of nitrogens with one attached hydrogen (secondary N) is 1. The molecular formula is C22H19N3O3. The van der Waals surface area contributed by atoms with E-state index in [2.05, 4.69) is 23.3 Å². The molecule has 1 aromatic heterocycles. The standard InChI is InChI=1S/C22H19N3O3/c1-14-10-15-4-2-3-5-18(15)25(14)22(26)16-8-9-23-21(11-16)24-17-6-7-19-20(12-17)28-13-27-19/h2-9,11-12,14H,10,13H2,1H3,(H,23,24). The van der Waals surface area contributed by atoms with Gasteiger partial charge in [0.05, 0.1) is 0 Å². The highest BCUT2D eigenvalue weighted by Crippen LogP contribution is 2.35. The monoisotopic (exact) mass is 373 g/mol. The molecule has 0 bridgehead atoms. The number of ether oxygens (including phenoxy) is 2. The highest BCUT2D eigenvalue weighted by atomic mass is 16.7. The van der Waals surface area contributed by atoms with E-state index in [0.29, 0.717) is 17.1 Å². The highest BCUT2D eigenvalue weighted by Gasteiger charge is 2.31. The number of rotatable bonds is 3. The Morgan fingerprint density at radius 2 is 1.96 bits per heavy atom. The van der Waals surface area contributed by atoms with E-state index in [1.165, 1.54) is 5.56 Å². The third kappa shape index (κ3) is 2.83.